The second-order valence-corrected chi connectivity index (χ2v) is 4.75. The molecular formula is C13H16ClFO. The highest BCUT2D eigenvalue weighted by molar-refractivity contribution is 6.31. The quantitative estimate of drug-likeness (QED) is 0.710. The lowest BCUT2D eigenvalue weighted by atomic mass is 10.0. The maximum absolute atomic E-state index is 12.7. The van der Waals surface area contributed by atoms with Crippen molar-refractivity contribution in [2.75, 3.05) is 0 Å². The smallest absolute Gasteiger partial charge is 0.155 e. The van der Waals surface area contributed by atoms with Crippen LogP contribution in [-0.4, -0.2) is 5.78 Å². The molecule has 0 N–H and O–H groups in total. The van der Waals surface area contributed by atoms with Gasteiger partial charge in [-0.15, -0.1) is 11.6 Å². The molecule has 88 valence electrons. The van der Waals surface area contributed by atoms with Crippen LogP contribution < -0.4 is 0 Å². The highest BCUT2D eigenvalue weighted by atomic mass is 35.5. The Kier molecular flexibility index (Phi) is 4.94. The molecule has 0 bridgehead atoms. The molecule has 0 fully saturated rings. The average Bonchev–Trinajstić information content (AvgIpc) is 2.26. The first-order valence-electron chi connectivity index (χ1n) is 5.43. The Balaban J connectivity index is 2.59. The van der Waals surface area contributed by atoms with Gasteiger partial charge in [0.15, 0.2) is 5.78 Å². The third kappa shape index (κ3) is 3.93. The van der Waals surface area contributed by atoms with Gasteiger partial charge in [0.25, 0.3) is 0 Å². The van der Waals surface area contributed by atoms with Crippen molar-refractivity contribution >= 4 is 17.4 Å². The van der Waals surface area contributed by atoms with Gasteiger partial charge in [0.2, 0.25) is 0 Å². The second-order valence-electron chi connectivity index (χ2n) is 4.31. The van der Waals surface area contributed by atoms with E-state index in [-0.39, 0.29) is 11.6 Å². The molecule has 1 aromatic rings. The van der Waals surface area contributed by atoms with Crippen LogP contribution in [0.25, 0.3) is 0 Å². The monoisotopic (exact) mass is 242 g/mol. The summed E-state index contributed by atoms with van der Waals surface area (Å²) >= 11 is 6.02. The van der Waals surface area contributed by atoms with Crippen molar-refractivity contribution in [1.82, 2.24) is 0 Å². The normalized spacial score (nSPS) is 12.8. The standard InChI is InChI=1S/C13H16ClFO/c1-9(2)3-8-12(16)13(14)10-4-6-11(15)7-5-10/h4-7,9,13H,3,8H2,1-2H3. The number of carbonyl (C=O) groups excluding carboxylic acids is 1. The maximum Gasteiger partial charge on any atom is 0.155 e. The summed E-state index contributed by atoms with van der Waals surface area (Å²) in [6.45, 7) is 4.13. The number of halogens is 2. The van der Waals surface area contributed by atoms with Gasteiger partial charge in [0, 0.05) is 6.42 Å². The van der Waals surface area contributed by atoms with Crippen LogP contribution in [0.4, 0.5) is 4.39 Å². The predicted octanol–water partition coefficient (Wildman–Crippen LogP) is 4.11. The van der Waals surface area contributed by atoms with Gasteiger partial charge in [0.1, 0.15) is 11.2 Å². The fourth-order valence-electron chi connectivity index (χ4n) is 1.38. The third-order valence-corrected chi connectivity index (χ3v) is 2.91. The van der Waals surface area contributed by atoms with Gasteiger partial charge in [-0.1, -0.05) is 26.0 Å². The highest BCUT2D eigenvalue weighted by Crippen LogP contribution is 2.24. The van der Waals surface area contributed by atoms with Crippen LogP contribution in [0.2, 0.25) is 0 Å². The molecule has 1 rings (SSSR count). The van der Waals surface area contributed by atoms with Gasteiger partial charge in [-0.25, -0.2) is 4.39 Å². The minimum absolute atomic E-state index is 0.00183. The first-order chi connectivity index (χ1) is 7.50. The Morgan fingerprint density at radius 2 is 1.88 bits per heavy atom. The van der Waals surface area contributed by atoms with Crippen molar-refractivity contribution in [3.8, 4) is 0 Å². The molecule has 1 nitrogen and oxygen atoms in total. The first kappa shape index (κ1) is 13.2. The Hall–Kier alpha value is -0.890. The Bertz CT molecular complexity index is 345. The van der Waals surface area contributed by atoms with E-state index in [9.17, 15) is 9.18 Å². The number of carbonyl (C=O) groups is 1. The van der Waals surface area contributed by atoms with Crippen LogP contribution in [-0.2, 0) is 4.79 Å². The van der Waals surface area contributed by atoms with E-state index in [0.29, 0.717) is 17.9 Å². The fourth-order valence-corrected chi connectivity index (χ4v) is 1.63. The number of hydrogen-bond acceptors (Lipinski definition) is 1. The van der Waals surface area contributed by atoms with Gasteiger partial charge in [-0.3, -0.25) is 4.79 Å². The zero-order chi connectivity index (χ0) is 12.1. The molecule has 0 aliphatic heterocycles. The third-order valence-electron chi connectivity index (χ3n) is 2.41. The van der Waals surface area contributed by atoms with Crippen molar-refractivity contribution in [2.45, 2.75) is 32.1 Å². The Morgan fingerprint density at radius 1 is 1.31 bits per heavy atom. The summed E-state index contributed by atoms with van der Waals surface area (Å²) in [6.07, 6.45) is 1.31. The molecule has 0 saturated carbocycles. The SMILES string of the molecule is CC(C)CCC(=O)C(Cl)c1ccc(F)cc1. The molecule has 0 radical (unpaired) electrons. The molecule has 0 aliphatic carbocycles. The van der Waals surface area contributed by atoms with E-state index in [1.54, 1.807) is 12.1 Å². The summed E-state index contributed by atoms with van der Waals surface area (Å²) in [7, 11) is 0. The molecule has 1 aromatic carbocycles. The lowest BCUT2D eigenvalue weighted by Gasteiger charge is -2.09. The summed E-state index contributed by atoms with van der Waals surface area (Å²) in [5.74, 6) is 0.172. The van der Waals surface area contributed by atoms with Crippen molar-refractivity contribution in [3.05, 3.63) is 35.6 Å². The molecule has 3 heteroatoms. The van der Waals surface area contributed by atoms with Gasteiger partial charge in [-0.2, -0.15) is 0 Å². The minimum atomic E-state index is -0.653. The summed E-state index contributed by atoms with van der Waals surface area (Å²) < 4.78 is 12.7. The van der Waals surface area contributed by atoms with Gasteiger partial charge in [0.05, 0.1) is 0 Å². The van der Waals surface area contributed by atoms with Crippen molar-refractivity contribution in [3.63, 3.8) is 0 Å². The number of hydrogen-bond donors (Lipinski definition) is 0. The van der Waals surface area contributed by atoms with E-state index in [1.165, 1.54) is 12.1 Å². The minimum Gasteiger partial charge on any atom is -0.298 e. The van der Waals surface area contributed by atoms with E-state index in [2.05, 4.69) is 13.8 Å². The lowest BCUT2D eigenvalue weighted by Crippen LogP contribution is -2.08. The molecule has 0 amide bonds. The van der Waals surface area contributed by atoms with Crippen LogP contribution in [0.15, 0.2) is 24.3 Å². The molecule has 0 heterocycles. The highest BCUT2D eigenvalue weighted by Gasteiger charge is 2.17. The maximum atomic E-state index is 12.7. The molecule has 1 atom stereocenters. The Labute approximate surface area is 101 Å². The number of Topliss-reactive ketones (excluding diaryl/α,β-unsaturated/α-hetero) is 1. The van der Waals surface area contributed by atoms with Gasteiger partial charge in [-0.05, 0) is 30.0 Å². The van der Waals surface area contributed by atoms with Gasteiger partial charge >= 0.3 is 0 Å². The van der Waals surface area contributed by atoms with Crippen molar-refractivity contribution in [2.24, 2.45) is 5.92 Å². The van der Waals surface area contributed by atoms with E-state index in [0.717, 1.165) is 6.42 Å². The van der Waals surface area contributed by atoms with Crippen LogP contribution >= 0.6 is 11.6 Å². The van der Waals surface area contributed by atoms with Crippen molar-refractivity contribution in [1.29, 1.82) is 0 Å². The first-order valence-corrected chi connectivity index (χ1v) is 5.86. The largest absolute Gasteiger partial charge is 0.298 e. The van der Waals surface area contributed by atoms with Crippen molar-refractivity contribution < 1.29 is 9.18 Å². The van der Waals surface area contributed by atoms with Crippen LogP contribution in [0.5, 0.6) is 0 Å². The molecule has 16 heavy (non-hydrogen) atoms. The molecule has 0 saturated heterocycles. The number of ketones is 1. The molecular weight excluding hydrogens is 227 g/mol. The summed E-state index contributed by atoms with van der Waals surface area (Å²) in [5, 5.41) is -0.653. The van der Waals surface area contributed by atoms with Crippen LogP contribution in [0.3, 0.4) is 0 Å². The number of benzene rings is 1. The molecule has 0 aliphatic rings. The van der Waals surface area contributed by atoms with Crippen LogP contribution in [0, 0.1) is 11.7 Å². The topological polar surface area (TPSA) is 17.1 Å². The molecule has 1 unspecified atom stereocenters. The molecule has 0 spiro atoms. The summed E-state index contributed by atoms with van der Waals surface area (Å²) in [6, 6.07) is 5.75. The lowest BCUT2D eigenvalue weighted by molar-refractivity contribution is -0.119. The fraction of sp³-hybridized carbons (Fsp3) is 0.462. The van der Waals surface area contributed by atoms with E-state index >= 15 is 0 Å². The zero-order valence-electron chi connectivity index (χ0n) is 9.54. The summed E-state index contributed by atoms with van der Waals surface area (Å²) in [4.78, 5) is 11.7. The van der Waals surface area contributed by atoms with E-state index in [1.807, 2.05) is 0 Å². The average molecular weight is 243 g/mol. The van der Waals surface area contributed by atoms with E-state index in [4.69, 9.17) is 11.6 Å². The predicted molar refractivity (Wildman–Crippen MR) is 64.1 cm³/mol. The van der Waals surface area contributed by atoms with Gasteiger partial charge < -0.3 is 0 Å². The Morgan fingerprint density at radius 3 is 2.38 bits per heavy atom. The number of rotatable bonds is 5. The van der Waals surface area contributed by atoms with Crippen LogP contribution in [0.1, 0.15) is 37.6 Å². The molecule has 0 aromatic heterocycles. The van der Waals surface area contributed by atoms with E-state index < -0.39 is 5.38 Å². The second kappa shape index (κ2) is 6.00. The summed E-state index contributed by atoms with van der Waals surface area (Å²) in [5.41, 5.74) is 0.664. The number of alkyl halides is 1. The zero-order valence-corrected chi connectivity index (χ0v) is 10.3.